The third kappa shape index (κ3) is 2.27. The van der Waals surface area contributed by atoms with Crippen molar-refractivity contribution in [3.8, 4) is 0 Å². The lowest BCUT2D eigenvalue weighted by Crippen LogP contribution is -1.93. The van der Waals surface area contributed by atoms with Crippen molar-refractivity contribution in [1.82, 2.24) is 4.98 Å². The van der Waals surface area contributed by atoms with Crippen LogP contribution in [0.25, 0.3) is 38.7 Å². The van der Waals surface area contributed by atoms with Crippen molar-refractivity contribution in [1.29, 1.82) is 0 Å². The van der Waals surface area contributed by atoms with Crippen LogP contribution in [0.4, 0.5) is 11.4 Å². The summed E-state index contributed by atoms with van der Waals surface area (Å²) in [7, 11) is 0. The van der Waals surface area contributed by atoms with E-state index in [4.69, 9.17) is 0 Å². The summed E-state index contributed by atoms with van der Waals surface area (Å²) < 4.78 is 0. The fourth-order valence-electron chi connectivity index (χ4n) is 3.67. The molecular weight excluding hydrogens is 316 g/mol. The minimum atomic E-state index is 1.07. The number of para-hydroxylation sites is 1. The molecule has 2 nitrogen and oxygen atoms in total. The van der Waals surface area contributed by atoms with E-state index in [1.54, 1.807) is 0 Å². The maximum Gasteiger partial charge on any atom is 0.0559 e. The van der Waals surface area contributed by atoms with Crippen molar-refractivity contribution in [2.75, 3.05) is 5.32 Å². The van der Waals surface area contributed by atoms with Gasteiger partial charge in [-0.05, 0) is 46.7 Å². The molecule has 0 fully saturated rings. The van der Waals surface area contributed by atoms with E-state index in [1.807, 2.05) is 24.3 Å². The van der Waals surface area contributed by atoms with Gasteiger partial charge in [0.15, 0.2) is 0 Å². The Hall–Kier alpha value is -3.52. The standard InChI is InChI=1S/C24H18N2/c1-2-16-12-13-21-23(24(16)25-19-10-4-3-5-11-19)20-14-17-8-6-7-9-18(17)15-22(20)26-21/h2-15,25-26H,1H2. The van der Waals surface area contributed by atoms with E-state index in [-0.39, 0.29) is 0 Å². The predicted molar refractivity (Wildman–Crippen MR) is 113 cm³/mol. The summed E-state index contributed by atoms with van der Waals surface area (Å²) in [5, 5.41) is 8.51. The Bertz CT molecular complexity index is 1260. The van der Waals surface area contributed by atoms with Crippen molar-refractivity contribution in [2.45, 2.75) is 0 Å². The summed E-state index contributed by atoms with van der Waals surface area (Å²) in [6.45, 7) is 4.00. The zero-order valence-electron chi connectivity index (χ0n) is 14.3. The number of aromatic nitrogens is 1. The molecule has 0 radical (unpaired) electrons. The number of fused-ring (bicyclic) bond motifs is 4. The zero-order valence-corrected chi connectivity index (χ0v) is 14.3. The predicted octanol–water partition coefficient (Wildman–Crippen LogP) is 6.86. The van der Waals surface area contributed by atoms with Crippen LogP contribution in [-0.4, -0.2) is 4.98 Å². The lowest BCUT2D eigenvalue weighted by molar-refractivity contribution is 1.53. The molecule has 0 aliphatic rings. The number of nitrogens with one attached hydrogen (secondary N) is 2. The van der Waals surface area contributed by atoms with Crippen molar-refractivity contribution < 1.29 is 0 Å². The monoisotopic (exact) mass is 334 g/mol. The topological polar surface area (TPSA) is 27.8 Å². The largest absolute Gasteiger partial charge is 0.354 e. The summed E-state index contributed by atoms with van der Waals surface area (Å²) in [4.78, 5) is 3.57. The third-order valence-electron chi connectivity index (χ3n) is 4.93. The Morgan fingerprint density at radius 3 is 2.27 bits per heavy atom. The van der Waals surface area contributed by atoms with Crippen molar-refractivity contribution in [3.05, 3.63) is 91.0 Å². The molecule has 2 heteroatoms. The molecule has 0 atom stereocenters. The molecule has 4 aromatic carbocycles. The SMILES string of the molecule is C=Cc1ccc2[nH]c3cc4ccccc4cc3c2c1Nc1ccccc1. The Morgan fingerprint density at radius 2 is 1.50 bits per heavy atom. The molecule has 5 aromatic rings. The molecular formula is C24H18N2. The Labute approximate surface area is 151 Å². The van der Waals surface area contributed by atoms with Gasteiger partial charge in [-0.1, -0.05) is 61.2 Å². The first kappa shape index (κ1) is 14.8. The fourth-order valence-corrected chi connectivity index (χ4v) is 3.67. The minimum absolute atomic E-state index is 1.07. The lowest BCUT2D eigenvalue weighted by Gasteiger charge is -2.12. The number of hydrogen-bond acceptors (Lipinski definition) is 1. The van der Waals surface area contributed by atoms with E-state index in [0.29, 0.717) is 0 Å². The van der Waals surface area contributed by atoms with Gasteiger partial charge in [0.2, 0.25) is 0 Å². The molecule has 2 N–H and O–H groups in total. The van der Waals surface area contributed by atoms with E-state index in [0.717, 1.165) is 28.0 Å². The molecule has 124 valence electrons. The zero-order chi connectivity index (χ0) is 17.5. The van der Waals surface area contributed by atoms with Gasteiger partial charge in [-0.15, -0.1) is 0 Å². The van der Waals surface area contributed by atoms with Crippen LogP contribution >= 0.6 is 0 Å². The fraction of sp³-hybridized carbons (Fsp3) is 0. The summed E-state index contributed by atoms with van der Waals surface area (Å²) in [5.74, 6) is 0. The van der Waals surface area contributed by atoms with E-state index >= 15 is 0 Å². The van der Waals surface area contributed by atoms with Gasteiger partial charge in [0.25, 0.3) is 0 Å². The number of hydrogen-bond donors (Lipinski definition) is 2. The van der Waals surface area contributed by atoms with Crippen LogP contribution in [0.5, 0.6) is 0 Å². The molecule has 0 unspecified atom stereocenters. The van der Waals surface area contributed by atoms with Gasteiger partial charge in [-0.3, -0.25) is 0 Å². The van der Waals surface area contributed by atoms with Crippen LogP contribution in [-0.2, 0) is 0 Å². The van der Waals surface area contributed by atoms with Gasteiger partial charge in [0.1, 0.15) is 0 Å². The number of anilines is 2. The average Bonchev–Trinajstić information content (AvgIpc) is 3.05. The molecule has 0 bridgehead atoms. The van der Waals surface area contributed by atoms with Crippen LogP contribution in [0.1, 0.15) is 5.56 Å². The molecule has 5 rings (SSSR count). The highest BCUT2D eigenvalue weighted by atomic mass is 14.9. The van der Waals surface area contributed by atoms with Crippen LogP contribution in [0.2, 0.25) is 0 Å². The van der Waals surface area contributed by atoms with Crippen molar-refractivity contribution in [2.24, 2.45) is 0 Å². The van der Waals surface area contributed by atoms with E-state index in [9.17, 15) is 0 Å². The number of benzene rings is 4. The first-order chi connectivity index (χ1) is 12.8. The summed E-state index contributed by atoms with van der Waals surface area (Å²) >= 11 is 0. The maximum absolute atomic E-state index is 4.00. The van der Waals surface area contributed by atoms with Gasteiger partial charge in [0.05, 0.1) is 5.69 Å². The highest BCUT2D eigenvalue weighted by Crippen LogP contribution is 2.37. The second-order valence-corrected chi connectivity index (χ2v) is 6.52. The number of aromatic amines is 1. The first-order valence-corrected chi connectivity index (χ1v) is 8.75. The molecule has 0 spiro atoms. The highest BCUT2D eigenvalue weighted by molar-refractivity contribution is 6.18. The first-order valence-electron chi connectivity index (χ1n) is 8.75. The van der Waals surface area contributed by atoms with Crippen LogP contribution in [0.15, 0.2) is 85.4 Å². The number of H-pyrrole nitrogens is 1. The molecule has 26 heavy (non-hydrogen) atoms. The summed E-state index contributed by atoms with van der Waals surface area (Å²) in [5.41, 5.74) is 5.52. The third-order valence-corrected chi connectivity index (χ3v) is 4.93. The highest BCUT2D eigenvalue weighted by Gasteiger charge is 2.13. The molecule has 0 saturated heterocycles. The minimum Gasteiger partial charge on any atom is -0.354 e. The Morgan fingerprint density at radius 1 is 0.769 bits per heavy atom. The molecule has 0 aliphatic heterocycles. The van der Waals surface area contributed by atoms with Gasteiger partial charge in [0, 0.05) is 27.5 Å². The van der Waals surface area contributed by atoms with Crippen LogP contribution < -0.4 is 5.32 Å². The van der Waals surface area contributed by atoms with Gasteiger partial charge >= 0.3 is 0 Å². The molecule has 1 heterocycles. The Kier molecular flexibility index (Phi) is 3.29. The van der Waals surface area contributed by atoms with Gasteiger partial charge in [-0.25, -0.2) is 0 Å². The number of rotatable bonds is 3. The molecule has 0 aliphatic carbocycles. The second-order valence-electron chi connectivity index (χ2n) is 6.52. The van der Waals surface area contributed by atoms with Crippen molar-refractivity contribution >= 4 is 50.0 Å². The average molecular weight is 334 g/mol. The maximum atomic E-state index is 4.00. The molecule has 1 aromatic heterocycles. The summed E-state index contributed by atoms with van der Waals surface area (Å²) in [6.07, 6.45) is 1.91. The summed E-state index contributed by atoms with van der Waals surface area (Å²) in [6, 6.07) is 27.5. The quantitative estimate of drug-likeness (QED) is 0.370. The normalized spacial score (nSPS) is 11.2. The van der Waals surface area contributed by atoms with Crippen molar-refractivity contribution in [3.63, 3.8) is 0 Å². The van der Waals surface area contributed by atoms with Gasteiger partial charge in [-0.2, -0.15) is 0 Å². The van der Waals surface area contributed by atoms with E-state index in [1.165, 1.54) is 21.5 Å². The lowest BCUT2D eigenvalue weighted by atomic mass is 10.0. The molecule has 0 saturated carbocycles. The molecule has 0 amide bonds. The Balaban J connectivity index is 1.85. The van der Waals surface area contributed by atoms with E-state index in [2.05, 4.69) is 77.5 Å². The second kappa shape index (κ2) is 5.78. The smallest absolute Gasteiger partial charge is 0.0559 e. The van der Waals surface area contributed by atoms with E-state index < -0.39 is 0 Å². The van der Waals surface area contributed by atoms with Gasteiger partial charge < -0.3 is 10.3 Å². The van der Waals surface area contributed by atoms with Crippen LogP contribution in [0.3, 0.4) is 0 Å². The van der Waals surface area contributed by atoms with Crippen LogP contribution in [0, 0.1) is 0 Å².